The first-order chi connectivity index (χ1) is 17.9. The molecule has 0 unspecified atom stereocenters. The Labute approximate surface area is 213 Å². The number of amides is 2. The van der Waals surface area contributed by atoms with E-state index in [-0.39, 0.29) is 23.6 Å². The Bertz CT molecular complexity index is 1170. The van der Waals surface area contributed by atoms with Crippen molar-refractivity contribution in [3.05, 3.63) is 42.0 Å². The second kappa shape index (κ2) is 12.1. The summed E-state index contributed by atoms with van der Waals surface area (Å²) in [6.45, 7) is 2.77. The van der Waals surface area contributed by atoms with Gasteiger partial charge in [-0.1, -0.05) is 23.4 Å². The summed E-state index contributed by atoms with van der Waals surface area (Å²) >= 11 is 0. The SMILES string of the molecule is NC(N)=NC(=O)OCc1cccc(-c2cnc(N3CCC(=NOCCN4CCCC4=O)CC3)nc2)c1F. The minimum atomic E-state index is -1.00. The lowest BCUT2D eigenvalue weighted by molar-refractivity contribution is -0.128. The Kier molecular flexibility index (Phi) is 8.44. The highest BCUT2D eigenvalue weighted by Gasteiger charge is 2.21. The van der Waals surface area contributed by atoms with Gasteiger partial charge in [0.25, 0.3) is 0 Å². The van der Waals surface area contributed by atoms with Crippen molar-refractivity contribution in [3.63, 3.8) is 0 Å². The summed E-state index contributed by atoms with van der Waals surface area (Å²) in [6.07, 6.45) is 5.06. The monoisotopic (exact) mass is 512 g/mol. The van der Waals surface area contributed by atoms with E-state index >= 15 is 4.39 Å². The number of hydrogen-bond acceptors (Lipinski definition) is 8. The average molecular weight is 513 g/mol. The van der Waals surface area contributed by atoms with E-state index in [1.807, 2.05) is 4.90 Å². The van der Waals surface area contributed by atoms with Crippen molar-refractivity contribution in [3.8, 4) is 11.1 Å². The van der Waals surface area contributed by atoms with Gasteiger partial charge in [0, 0.05) is 68.0 Å². The number of aliphatic imine (C=N–C) groups is 1. The van der Waals surface area contributed by atoms with Crippen molar-refractivity contribution in [1.29, 1.82) is 0 Å². The fourth-order valence-electron chi connectivity index (χ4n) is 4.10. The van der Waals surface area contributed by atoms with Crippen molar-refractivity contribution >= 4 is 29.6 Å². The lowest BCUT2D eigenvalue weighted by Gasteiger charge is -2.27. The quantitative estimate of drug-likeness (QED) is 0.232. The van der Waals surface area contributed by atoms with Gasteiger partial charge < -0.3 is 30.8 Å². The van der Waals surface area contributed by atoms with Gasteiger partial charge in [-0.2, -0.15) is 0 Å². The molecule has 0 saturated carbocycles. The standard InChI is InChI=1S/C24H29FN8O4/c25-21-16(15-36-24(35)30-22(26)27)3-1-4-19(21)17-13-28-23(29-14-17)33-9-6-18(7-10-33)31-37-12-11-32-8-2-5-20(32)34/h1,3-4,13-14H,2,5-12,15H2,(H4,26,27,30,35). The molecule has 0 radical (unpaired) electrons. The van der Waals surface area contributed by atoms with E-state index in [1.54, 1.807) is 29.4 Å². The van der Waals surface area contributed by atoms with E-state index in [2.05, 4.69) is 20.1 Å². The molecule has 2 aliphatic heterocycles. The Morgan fingerprint density at radius 2 is 1.86 bits per heavy atom. The number of piperidine rings is 1. The van der Waals surface area contributed by atoms with Gasteiger partial charge in [0.05, 0.1) is 12.3 Å². The molecular formula is C24H29FN8O4. The number of anilines is 1. The molecule has 0 atom stereocenters. The van der Waals surface area contributed by atoms with Crippen LogP contribution in [0.1, 0.15) is 31.2 Å². The van der Waals surface area contributed by atoms with E-state index in [9.17, 15) is 9.59 Å². The van der Waals surface area contributed by atoms with Gasteiger partial charge >= 0.3 is 6.09 Å². The number of benzene rings is 1. The molecule has 12 nitrogen and oxygen atoms in total. The average Bonchev–Trinajstić information content (AvgIpc) is 3.30. The number of guanidine groups is 1. The molecule has 2 aromatic rings. The molecule has 4 rings (SSSR count). The molecule has 1 aromatic heterocycles. The fourth-order valence-corrected chi connectivity index (χ4v) is 4.10. The Hall–Kier alpha value is -4.29. The van der Waals surface area contributed by atoms with Crippen LogP contribution < -0.4 is 16.4 Å². The summed E-state index contributed by atoms with van der Waals surface area (Å²) in [4.78, 5) is 44.4. The number of likely N-dealkylation sites (tertiary alicyclic amines) is 1. The van der Waals surface area contributed by atoms with Crippen LogP contribution in [0.2, 0.25) is 0 Å². The highest BCUT2D eigenvalue weighted by atomic mass is 19.1. The number of hydrogen-bond donors (Lipinski definition) is 2. The second-order valence-corrected chi connectivity index (χ2v) is 8.60. The van der Waals surface area contributed by atoms with E-state index in [4.69, 9.17) is 21.0 Å². The van der Waals surface area contributed by atoms with Gasteiger partial charge in [0.1, 0.15) is 19.0 Å². The van der Waals surface area contributed by atoms with Gasteiger partial charge in [-0.15, -0.1) is 4.99 Å². The first-order valence-electron chi connectivity index (χ1n) is 12.0. The van der Waals surface area contributed by atoms with E-state index in [0.29, 0.717) is 57.0 Å². The van der Waals surface area contributed by atoms with Crippen LogP contribution in [0.15, 0.2) is 40.7 Å². The zero-order valence-electron chi connectivity index (χ0n) is 20.3. The number of nitrogens with two attached hydrogens (primary N) is 2. The number of rotatable bonds is 8. The van der Waals surface area contributed by atoms with Crippen LogP contribution in [-0.4, -0.2) is 71.3 Å². The summed E-state index contributed by atoms with van der Waals surface area (Å²) in [5.41, 5.74) is 12.1. The Morgan fingerprint density at radius 1 is 1.11 bits per heavy atom. The minimum absolute atomic E-state index is 0.165. The summed E-state index contributed by atoms with van der Waals surface area (Å²) in [6, 6.07) is 4.74. The Morgan fingerprint density at radius 3 is 2.54 bits per heavy atom. The molecule has 3 heterocycles. The summed E-state index contributed by atoms with van der Waals surface area (Å²) < 4.78 is 19.9. The normalized spacial score (nSPS) is 15.5. The van der Waals surface area contributed by atoms with Gasteiger partial charge in [-0.25, -0.2) is 19.2 Å². The summed E-state index contributed by atoms with van der Waals surface area (Å²) in [5.74, 6) is -0.270. The van der Waals surface area contributed by atoms with Crippen LogP contribution in [0.4, 0.5) is 15.1 Å². The van der Waals surface area contributed by atoms with Crippen LogP contribution in [-0.2, 0) is 21.0 Å². The number of oxime groups is 1. The summed E-state index contributed by atoms with van der Waals surface area (Å²) in [5, 5.41) is 4.23. The third-order valence-electron chi connectivity index (χ3n) is 6.04. The molecule has 4 N–H and O–H groups in total. The van der Waals surface area contributed by atoms with Gasteiger partial charge in [0.2, 0.25) is 11.9 Å². The maximum Gasteiger partial charge on any atom is 0.437 e. The molecular weight excluding hydrogens is 483 g/mol. The van der Waals surface area contributed by atoms with E-state index < -0.39 is 17.9 Å². The molecule has 0 bridgehead atoms. The zero-order valence-corrected chi connectivity index (χ0v) is 20.3. The van der Waals surface area contributed by atoms with Crippen molar-refractivity contribution in [2.75, 3.05) is 37.7 Å². The maximum absolute atomic E-state index is 15.0. The largest absolute Gasteiger partial charge is 0.443 e. The van der Waals surface area contributed by atoms with Crippen molar-refractivity contribution < 1.29 is 23.6 Å². The van der Waals surface area contributed by atoms with Crippen molar-refractivity contribution in [2.45, 2.75) is 32.3 Å². The molecule has 13 heteroatoms. The highest BCUT2D eigenvalue weighted by Crippen LogP contribution is 2.26. The number of aromatic nitrogens is 2. The zero-order chi connectivity index (χ0) is 26.2. The van der Waals surface area contributed by atoms with Gasteiger partial charge in [0.15, 0.2) is 5.96 Å². The third kappa shape index (κ3) is 6.90. The lowest BCUT2D eigenvalue weighted by Crippen LogP contribution is -2.35. The molecule has 1 aromatic carbocycles. The van der Waals surface area contributed by atoms with Crippen molar-refractivity contribution in [1.82, 2.24) is 14.9 Å². The predicted molar refractivity (Wildman–Crippen MR) is 134 cm³/mol. The first-order valence-corrected chi connectivity index (χ1v) is 12.0. The number of carbonyl (C=O) groups is 2. The molecule has 2 aliphatic rings. The number of nitrogens with zero attached hydrogens (tertiary/aromatic N) is 6. The molecule has 0 spiro atoms. The Balaban J connectivity index is 1.29. The van der Waals surface area contributed by atoms with Crippen molar-refractivity contribution in [2.24, 2.45) is 21.6 Å². The number of carbonyl (C=O) groups excluding carboxylic acids is 2. The molecule has 196 valence electrons. The second-order valence-electron chi connectivity index (χ2n) is 8.60. The molecule has 0 aliphatic carbocycles. The molecule has 37 heavy (non-hydrogen) atoms. The van der Waals surface area contributed by atoms with Crippen LogP contribution in [0.5, 0.6) is 0 Å². The summed E-state index contributed by atoms with van der Waals surface area (Å²) in [7, 11) is 0. The number of ether oxygens (including phenoxy) is 1. The topological polar surface area (TPSA) is 162 Å². The molecule has 2 saturated heterocycles. The van der Waals surface area contributed by atoms with Crippen LogP contribution in [0.3, 0.4) is 0 Å². The maximum atomic E-state index is 15.0. The van der Waals surface area contributed by atoms with Gasteiger partial charge in [-0.05, 0) is 6.42 Å². The van der Waals surface area contributed by atoms with E-state index in [0.717, 1.165) is 18.7 Å². The van der Waals surface area contributed by atoms with E-state index in [1.165, 1.54) is 6.07 Å². The van der Waals surface area contributed by atoms with Crippen LogP contribution >= 0.6 is 0 Å². The van der Waals surface area contributed by atoms with Gasteiger partial charge in [-0.3, -0.25) is 4.79 Å². The minimum Gasteiger partial charge on any atom is -0.443 e. The molecule has 2 fully saturated rings. The lowest BCUT2D eigenvalue weighted by atomic mass is 10.1. The molecule has 2 amide bonds. The third-order valence-corrected chi connectivity index (χ3v) is 6.04. The highest BCUT2D eigenvalue weighted by molar-refractivity contribution is 5.88. The van der Waals surface area contributed by atoms with Crippen LogP contribution in [0.25, 0.3) is 11.1 Å². The predicted octanol–water partition coefficient (Wildman–Crippen LogP) is 1.79. The number of halogens is 1. The fraction of sp³-hybridized carbons (Fsp3) is 0.417. The smallest absolute Gasteiger partial charge is 0.437 e. The van der Waals surface area contributed by atoms with Crippen LogP contribution in [0, 0.1) is 5.82 Å². The first kappa shape index (κ1) is 25.8.